The van der Waals surface area contributed by atoms with Crippen LogP contribution in [0.15, 0.2) is 78.1 Å². The number of carbonyl (C=O) groups excluding carboxylic acids is 2. The molecule has 158 valence electrons. The molecule has 0 aliphatic heterocycles. The van der Waals surface area contributed by atoms with Gasteiger partial charge < -0.3 is 14.2 Å². The molecule has 1 aromatic carbocycles. The maximum Gasteiger partial charge on any atom is 0.333 e. The smallest absolute Gasteiger partial charge is 0.333 e. The van der Waals surface area contributed by atoms with Gasteiger partial charge in [-0.1, -0.05) is 36.9 Å². The Kier molecular flexibility index (Phi) is 8.88. The van der Waals surface area contributed by atoms with Gasteiger partial charge in [0.1, 0.15) is 11.5 Å². The lowest BCUT2D eigenvalue weighted by atomic mass is 10.0. The van der Waals surface area contributed by atoms with E-state index in [9.17, 15) is 9.59 Å². The Balaban J connectivity index is 2.10. The molecule has 0 saturated heterocycles. The quantitative estimate of drug-likeness (QED) is 0.240. The van der Waals surface area contributed by atoms with Gasteiger partial charge in [-0.15, -0.1) is 0 Å². The maximum absolute atomic E-state index is 11.7. The number of esters is 1. The summed E-state index contributed by atoms with van der Waals surface area (Å²) in [5, 5.41) is 0. The molecule has 0 amide bonds. The minimum atomic E-state index is -0.367. The Morgan fingerprint density at radius 2 is 1.90 bits per heavy atom. The van der Waals surface area contributed by atoms with Crippen molar-refractivity contribution in [2.45, 2.75) is 19.8 Å². The molecule has 0 aromatic heterocycles. The minimum Gasteiger partial charge on any atom is -0.497 e. The van der Waals surface area contributed by atoms with Crippen molar-refractivity contribution >= 4 is 17.8 Å². The molecule has 1 aliphatic rings. The molecule has 0 bridgehead atoms. The minimum absolute atomic E-state index is 0.131. The van der Waals surface area contributed by atoms with Crippen molar-refractivity contribution < 1.29 is 23.8 Å². The topological polar surface area (TPSA) is 61.8 Å². The van der Waals surface area contributed by atoms with Crippen LogP contribution in [0.3, 0.4) is 0 Å². The Bertz CT molecular complexity index is 885. The van der Waals surface area contributed by atoms with Crippen molar-refractivity contribution in [3.05, 3.63) is 83.7 Å². The van der Waals surface area contributed by atoms with E-state index in [1.807, 2.05) is 48.6 Å². The molecule has 2 rings (SSSR count). The molecular weight excluding hydrogens is 380 g/mol. The summed E-state index contributed by atoms with van der Waals surface area (Å²) in [5.41, 5.74) is 2.55. The van der Waals surface area contributed by atoms with Crippen molar-refractivity contribution in [2.75, 3.05) is 20.8 Å². The normalized spacial score (nSPS) is 16.1. The highest BCUT2D eigenvalue weighted by Gasteiger charge is 2.13. The first-order valence-corrected chi connectivity index (χ1v) is 9.77. The van der Waals surface area contributed by atoms with Crippen molar-refractivity contribution in [1.29, 1.82) is 0 Å². The van der Waals surface area contributed by atoms with E-state index in [0.29, 0.717) is 23.5 Å². The van der Waals surface area contributed by atoms with Crippen molar-refractivity contribution in [3.8, 4) is 5.75 Å². The number of methoxy groups -OCH3 is 2. The zero-order valence-corrected chi connectivity index (χ0v) is 17.7. The number of hydrogen-bond acceptors (Lipinski definition) is 5. The predicted molar refractivity (Wildman–Crippen MR) is 118 cm³/mol. The summed E-state index contributed by atoms with van der Waals surface area (Å²) < 4.78 is 15.9. The van der Waals surface area contributed by atoms with Gasteiger partial charge in [-0.25, -0.2) is 4.79 Å². The molecule has 1 unspecified atom stereocenters. The van der Waals surface area contributed by atoms with E-state index in [-0.39, 0.29) is 11.9 Å². The first-order chi connectivity index (χ1) is 14.5. The van der Waals surface area contributed by atoms with E-state index in [1.54, 1.807) is 21.1 Å². The zero-order valence-electron chi connectivity index (χ0n) is 17.7. The standard InChI is InChI=1S/C25H28O5/c1-18(2)25(27)30-14-6-8-19-7-5-9-21(24(15-19)29-4)16-22(17-26)20-10-12-23(28-3)13-11-20/h5,7,9-13,15-17,19H,1,6,8,14H2,2-4H3/b22-16+. The molecule has 0 fully saturated rings. The lowest BCUT2D eigenvalue weighted by Crippen LogP contribution is -2.07. The molecule has 0 heterocycles. The van der Waals surface area contributed by atoms with Crippen LogP contribution in [0.25, 0.3) is 5.57 Å². The Labute approximate surface area is 178 Å². The lowest BCUT2D eigenvalue weighted by Gasteiger charge is -2.12. The molecule has 1 aromatic rings. The van der Waals surface area contributed by atoms with Gasteiger partial charge in [-0.3, -0.25) is 4.79 Å². The highest BCUT2D eigenvalue weighted by Crippen LogP contribution is 2.26. The number of rotatable bonds is 10. The van der Waals surface area contributed by atoms with E-state index in [4.69, 9.17) is 14.2 Å². The summed E-state index contributed by atoms with van der Waals surface area (Å²) in [6.45, 7) is 5.55. The van der Waals surface area contributed by atoms with Gasteiger partial charge in [-0.05, 0) is 55.5 Å². The Morgan fingerprint density at radius 3 is 2.50 bits per heavy atom. The second-order valence-corrected chi connectivity index (χ2v) is 6.91. The van der Waals surface area contributed by atoms with Gasteiger partial charge in [0.15, 0.2) is 6.29 Å². The molecule has 1 aliphatic carbocycles. The van der Waals surface area contributed by atoms with Crippen molar-refractivity contribution in [1.82, 2.24) is 0 Å². The fourth-order valence-electron chi connectivity index (χ4n) is 2.96. The lowest BCUT2D eigenvalue weighted by molar-refractivity contribution is -0.139. The van der Waals surface area contributed by atoms with Gasteiger partial charge in [0.05, 0.1) is 20.8 Å². The predicted octanol–water partition coefficient (Wildman–Crippen LogP) is 4.82. The molecule has 30 heavy (non-hydrogen) atoms. The summed E-state index contributed by atoms with van der Waals surface area (Å²) in [6.07, 6.45) is 12.1. The van der Waals surface area contributed by atoms with Crippen LogP contribution in [0.4, 0.5) is 0 Å². The van der Waals surface area contributed by atoms with Gasteiger partial charge in [0.2, 0.25) is 0 Å². The fourth-order valence-corrected chi connectivity index (χ4v) is 2.96. The number of hydrogen-bond donors (Lipinski definition) is 0. The fraction of sp³-hybridized carbons (Fsp3) is 0.280. The van der Waals surface area contributed by atoms with E-state index >= 15 is 0 Å². The van der Waals surface area contributed by atoms with Gasteiger partial charge in [0, 0.05) is 16.7 Å². The van der Waals surface area contributed by atoms with E-state index in [2.05, 4.69) is 12.7 Å². The van der Waals surface area contributed by atoms with Crippen LogP contribution in [0.2, 0.25) is 0 Å². The largest absolute Gasteiger partial charge is 0.497 e. The number of aldehydes is 1. The monoisotopic (exact) mass is 408 g/mol. The molecule has 5 nitrogen and oxygen atoms in total. The summed E-state index contributed by atoms with van der Waals surface area (Å²) in [4.78, 5) is 23.2. The molecular formula is C25H28O5. The third-order valence-electron chi connectivity index (χ3n) is 4.63. The first-order valence-electron chi connectivity index (χ1n) is 9.77. The zero-order chi connectivity index (χ0) is 21.9. The molecule has 0 N–H and O–H groups in total. The first kappa shape index (κ1) is 22.9. The maximum atomic E-state index is 11.7. The average Bonchev–Trinajstić information content (AvgIpc) is 2.96. The van der Waals surface area contributed by atoms with Crippen LogP contribution >= 0.6 is 0 Å². The van der Waals surface area contributed by atoms with Crippen LogP contribution < -0.4 is 4.74 Å². The molecule has 1 atom stereocenters. The Hall–Kier alpha value is -3.34. The molecule has 5 heteroatoms. The second-order valence-electron chi connectivity index (χ2n) is 6.91. The second kappa shape index (κ2) is 11.6. The summed E-state index contributed by atoms with van der Waals surface area (Å²) >= 11 is 0. The van der Waals surface area contributed by atoms with Crippen molar-refractivity contribution in [3.63, 3.8) is 0 Å². The summed E-state index contributed by atoms with van der Waals surface area (Å²) in [7, 11) is 3.21. The molecule has 0 spiro atoms. The third kappa shape index (κ3) is 6.62. The summed E-state index contributed by atoms with van der Waals surface area (Å²) in [5.74, 6) is 1.19. The van der Waals surface area contributed by atoms with Gasteiger partial charge in [0.25, 0.3) is 0 Å². The molecule has 0 saturated carbocycles. The van der Waals surface area contributed by atoms with Crippen LogP contribution in [0, 0.1) is 5.92 Å². The van der Waals surface area contributed by atoms with E-state index in [0.717, 1.165) is 36.0 Å². The number of ether oxygens (including phenoxy) is 3. The number of carbonyl (C=O) groups is 2. The highest BCUT2D eigenvalue weighted by atomic mass is 16.5. The van der Waals surface area contributed by atoms with Crippen LogP contribution in [0.5, 0.6) is 5.75 Å². The Morgan fingerprint density at radius 1 is 1.17 bits per heavy atom. The van der Waals surface area contributed by atoms with Crippen LogP contribution in [0.1, 0.15) is 25.3 Å². The van der Waals surface area contributed by atoms with Crippen LogP contribution in [-0.4, -0.2) is 33.1 Å². The van der Waals surface area contributed by atoms with Gasteiger partial charge >= 0.3 is 5.97 Å². The summed E-state index contributed by atoms with van der Waals surface area (Å²) in [6, 6.07) is 7.32. The highest BCUT2D eigenvalue weighted by molar-refractivity contribution is 6.07. The van der Waals surface area contributed by atoms with Crippen molar-refractivity contribution in [2.24, 2.45) is 5.92 Å². The number of benzene rings is 1. The van der Waals surface area contributed by atoms with Crippen LogP contribution in [-0.2, 0) is 19.1 Å². The molecule has 0 radical (unpaired) electrons. The SMILES string of the molecule is C=C(C)C(=O)OCCCC1C=CC=C(/C=C(\C=O)c2ccc(OC)cc2)C(OC)=C1. The number of allylic oxidation sites excluding steroid dienone is 6. The van der Waals surface area contributed by atoms with E-state index < -0.39 is 0 Å². The van der Waals surface area contributed by atoms with E-state index in [1.165, 1.54) is 0 Å². The van der Waals surface area contributed by atoms with Gasteiger partial charge in [-0.2, -0.15) is 0 Å². The average molecular weight is 408 g/mol. The third-order valence-corrected chi connectivity index (χ3v) is 4.63.